The quantitative estimate of drug-likeness (QED) is 0.423. The molecule has 0 aromatic carbocycles. The molecule has 0 N–H and O–H groups in total. The van der Waals surface area contributed by atoms with Gasteiger partial charge >= 0.3 is 0 Å². The Morgan fingerprint density at radius 2 is 1.33 bits per heavy atom. The Hall–Kier alpha value is -0.920. The van der Waals surface area contributed by atoms with E-state index in [-0.39, 0.29) is 0 Å². The summed E-state index contributed by atoms with van der Waals surface area (Å²) in [6.45, 7) is 15.2. The first-order valence-corrected chi connectivity index (χ1v) is 4.25. The predicted octanol–water partition coefficient (Wildman–Crippen LogP) is 3.45. The van der Waals surface area contributed by atoms with E-state index in [0.717, 1.165) is 17.2 Å². The smallest absolute Gasteiger partial charge is 0.125 e. The van der Waals surface area contributed by atoms with Gasteiger partial charge in [0.1, 0.15) is 5.84 Å². The Morgan fingerprint density at radius 1 is 0.917 bits per heavy atom. The van der Waals surface area contributed by atoms with Crippen LogP contribution in [0, 0.1) is 0 Å². The molecule has 0 saturated carbocycles. The summed E-state index contributed by atoms with van der Waals surface area (Å²) in [4.78, 5) is 8.18. The van der Waals surface area contributed by atoms with Gasteiger partial charge in [-0.3, -0.25) is 0 Å². The van der Waals surface area contributed by atoms with Gasteiger partial charge in [0.2, 0.25) is 0 Å². The normalized spacial score (nSPS) is 9.67. The van der Waals surface area contributed by atoms with E-state index in [9.17, 15) is 0 Å². The minimum absolute atomic E-state index is 0.771. The topological polar surface area (TPSA) is 24.7 Å². The first kappa shape index (κ1) is 13.7. The van der Waals surface area contributed by atoms with Gasteiger partial charge in [0, 0.05) is 11.4 Å². The Kier molecular flexibility index (Phi) is 9.31. The largest absolute Gasteiger partial charge is 0.243 e. The van der Waals surface area contributed by atoms with Crippen LogP contribution < -0.4 is 0 Å². The lowest BCUT2D eigenvalue weighted by Crippen LogP contribution is -1.90. The van der Waals surface area contributed by atoms with Gasteiger partial charge in [0.25, 0.3) is 0 Å². The minimum Gasteiger partial charge on any atom is -0.243 e. The zero-order valence-corrected chi connectivity index (χ0v) is 9.10. The maximum Gasteiger partial charge on any atom is 0.125 e. The molecule has 0 spiro atoms. The summed E-state index contributed by atoms with van der Waals surface area (Å²) in [5.41, 5.74) is 1.81. The Morgan fingerprint density at radius 3 is 1.58 bits per heavy atom. The van der Waals surface area contributed by atoms with Crippen molar-refractivity contribution in [1.82, 2.24) is 0 Å². The van der Waals surface area contributed by atoms with Gasteiger partial charge in [0.15, 0.2) is 0 Å². The van der Waals surface area contributed by atoms with Crippen LogP contribution in [0.15, 0.2) is 22.3 Å². The fourth-order valence-electron chi connectivity index (χ4n) is 0.625. The zero-order valence-electron chi connectivity index (χ0n) is 9.10. The molecule has 70 valence electrons. The van der Waals surface area contributed by atoms with E-state index in [0.29, 0.717) is 0 Å². The summed E-state index contributed by atoms with van der Waals surface area (Å²) in [5, 5.41) is 0. The molecule has 0 atom stereocenters. The summed E-state index contributed by atoms with van der Waals surface area (Å²) in [5.74, 6) is 0.771. The maximum atomic E-state index is 4.12. The van der Waals surface area contributed by atoms with E-state index < -0.39 is 0 Å². The third-order valence-corrected chi connectivity index (χ3v) is 0.738. The second-order valence-corrected chi connectivity index (χ2v) is 2.45. The van der Waals surface area contributed by atoms with Crippen molar-refractivity contribution >= 4 is 11.5 Å². The Labute approximate surface area is 76.1 Å². The summed E-state index contributed by atoms with van der Waals surface area (Å²) < 4.78 is 0. The van der Waals surface area contributed by atoms with Gasteiger partial charge in [-0.1, -0.05) is 20.4 Å². The van der Waals surface area contributed by atoms with Crippen molar-refractivity contribution in [2.75, 3.05) is 0 Å². The van der Waals surface area contributed by atoms with E-state index in [1.807, 2.05) is 41.5 Å². The standard InChI is InChI=1S/C8H14N2.C2H6/c1-6(2)9-8(5)10-7(3)4;1-2/h1H2,2-5H3;1-2H3. The molecular formula is C10H20N2. The van der Waals surface area contributed by atoms with Crippen molar-refractivity contribution in [2.24, 2.45) is 9.98 Å². The summed E-state index contributed by atoms with van der Waals surface area (Å²) in [7, 11) is 0. The lowest BCUT2D eigenvalue weighted by Gasteiger charge is -1.92. The van der Waals surface area contributed by atoms with Crippen molar-refractivity contribution in [3.8, 4) is 0 Å². The van der Waals surface area contributed by atoms with Crippen LogP contribution in [0.2, 0.25) is 0 Å². The Bertz CT molecular complexity index is 184. The Balaban J connectivity index is 0. The molecule has 0 aromatic rings. The second-order valence-electron chi connectivity index (χ2n) is 2.45. The molecule has 0 aliphatic rings. The second kappa shape index (κ2) is 8.18. The van der Waals surface area contributed by atoms with Crippen molar-refractivity contribution in [3.05, 3.63) is 12.3 Å². The first-order valence-electron chi connectivity index (χ1n) is 4.25. The van der Waals surface area contributed by atoms with Crippen LogP contribution in [-0.4, -0.2) is 11.5 Å². The molecule has 0 amide bonds. The predicted molar refractivity (Wildman–Crippen MR) is 58.1 cm³/mol. The third-order valence-electron chi connectivity index (χ3n) is 0.738. The molecule has 0 aliphatic carbocycles. The molecule has 2 nitrogen and oxygen atoms in total. The van der Waals surface area contributed by atoms with Crippen molar-refractivity contribution in [3.63, 3.8) is 0 Å². The van der Waals surface area contributed by atoms with Gasteiger partial charge in [0.05, 0.1) is 0 Å². The summed E-state index contributed by atoms with van der Waals surface area (Å²) in [6, 6.07) is 0. The highest BCUT2D eigenvalue weighted by Gasteiger charge is 1.84. The molecule has 0 saturated heterocycles. The zero-order chi connectivity index (χ0) is 10.1. The molecular weight excluding hydrogens is 148 g/mol. The number of nitrogens with zero attached hydrogens (tertiary/aromatic N) is 2. The van der Waals surface area contributed by atoms with Gasteiger partial charge in [-0.2, -0.15) is 0 Å². The highest BCUT2D eigenvalue weighted by molar-refractivity contribution is 5.94. The van der Waals surface area contributed by atoms with Crippen LogP contribution >= 0.6 is 0 Å². The molecule has 0 radical (unpaired) electrons. The van der Waals surface area contributed by atoms with Crippen molar-refractivity contribution in [2.45, 2.75) is 41.5 Å². The van der Waals surface area contributed by atoms with Crippen LogP contribution in [0.1, 0.15) is 41.5 Å². The molecule has 0 aliphatic heterocycles. The van der Waals surface area contributed by atoms with Gasteiger partial charge in [-0.15, -0.1) is 0 Å². The maximum absolute atomic E-state index is 4.12. The van der Waals surface area contributed by atoms with Gasteiger partial charge < -0.3 is 0 Å². The van der Waals surface area contributed by atoms with Crippen LogP contribution in [0.4, 0.5) is 0 Å². The molecule has 0 fully saturated rings. The summed E-state index contributed by atoms with van der Waals surface area (Å²) >= 11 is 0. The number of amidine groups is 1. The van der Waals surface area contributed by atoms with E-state index in [1.54, 1.807) is 0 Å². The molecule has 12 heavy (non-hydrogen) atoms. The third kappa shape index (κ3) is 11.8. The van der Waals surface area contributed by atoms with Crippen LogP contribution in [-0.2, 0) is 0 Å². The molecule has 0 rings (SSSR count). The SMILES string of the molecule is C=C(C)N=C(C)N=C(C)C.CC. The molecule has 0 unspecified atom stereocenters. The number of hydrogen-bond acceptors (Lipinski definition) is 1. The fraction of sp³-hybridized carbons (Fsp3) is 0.600. The van der Waals surface area contributed by atoms with E-state index in [4.69, 9.17) is 0 Å². The highest BCUT2D eigenvalue weighted by atomic mass is 14.9. The van der Waals surface area contributed by atoms with Crippen LogP contribution in [0.25, 0.3) is 0 Å². The van der Waals surface area contributed by atoms with E-state index in [1.165, 1.54) is 0 Å². The average Bonchev–Trinajstić information content (AvgIpc) is 1.87. The number of hydrogen-bond donors (Lipinski definition) is 0. The van der Waals surface area contributed by atoms with E-state index >= 15 is 0 Å². The lowest BCUT2D eigenvalue weighted by atomic mass is 10.5. The van der Waals surface area contributed by atoms with Gasteiger partial charge in [-0.05, 0) is 27.7 Å². The monoisotopic (exact) mass is 168 g/mol. The summed E-state index contributed by atoms with van der Waals surface area (Å²) in [6.07, 6.45) is 0. The molecule has 2 heteroatoms. The molecule has 0 aromatic heterocycles. The minimum atomic E-state index is 0.771. The van der Waals surface area contributed by atoms with Crippen LogP contribution in [0.3, 0.4) is 0 Å². The molecule has 0 heterocycles. The van der Waals surface area contributed by atoms with Crippen LogP contribution in [0.5, 0.6) is 0 Å². The lowest BCUT2D eigenvalue weighted by molar-refractivity contribution is 1.29. The average molecular weight is 168 g/mol. The van der Waals surface area contributed by atoms with E-state index in [2.05, 4.69) is 16.6 Å². The van der Waals surface area contributed by atoms with Gasteiger partial charge in [-0.25, -0.2) is 9.98 Å². The fourth-order valence-corrected chi connectivity index (χ4v) is 0.625. The van der Waals surface area contributed by atoms with Crippen molar-refractivity contribution < 1.29 is 0 Å². The molecule has 0 bridgehead atoms. The number of allylic oxidation sites excluding steroid dienone is 1. The highest BCUT2D eigenvalue weighted by Crippen LogP contribution is 1.91. The van der Waals surface area contributed by atoms with Crippen molar-refractivity contribution in [1.29, 1.82) is 0 Å². The number of aliphatic imine (C=N–C) groups is 2. The number of rotatable bonds is 1. The first-order chi connectivity index (χ1) is 5.52.